The zero-order chi connectivity index (χ0) is 24.8. The minimum Gasteiger partial charge on any atom is -0.310 e. The van der Waals surface area contributed by atoms with Gasteiger partial charge in [0.25, 0.3) is 0 Å². The zero-order valence-electron chi connectivity index (χ0n) is 21.1. The van der Waals surface area contributed by atoms with Crippen LogP contribution in [0.1, 0.15) is 45.6 Å². The summed E-state index contributed by atoms with van der Waals surface area (Å²) in [7, 11) is 0. The van der Waals surface area contributed by atoms with Gasteiger partial charge in [-0.3, -0.25) is 0 Å². The molecule has 0 aliphatic carbocycles. The first-order valence-electron chi connectivity index (χ1n) is 11.6. The van der Waals surface area contributed by atoms with Crippen molar-refractivity contribution in [1.29, 1.82) is 0 Å². The molecule has 3 aromatic carbocycles. The van der Waals surface area contributed by atoms with Crippen molar-refractivity contribution in [2.75, 3.05) is 6.54 Å². The summed E-state index contributed by atoms with van der Waals surface area (Å²) < 4.78 is 96.4. The van der Waals surface area contributed by atoms with Crippen molar-refractivity contribution in [2.45, 2.75) is 31.9 Å². The predicted molar refractivity (Wildman–Crippen MR) is 100 cm³/mol. The van der Waals surface area contributed by atoms with Crippen molar-refractivity contribution >= 4 is 10.8 Å². The highest BCUT2D eigenvalue weighted by Crippen LogP contribution is 2.29. The molecule has 0 saturated carbocycles. The van der Waals surface area contributed by atoms with Crippen molar-refractivity contribution in [3.63, 3.8) is 0 Å². The third-order valence-electron chi connectivity index (χ3n) is 3.92. The summed E-state index contributed by atoms with van der Waals surface area (Å²) in [5.74, 6) is 0. The maximum Gasteiger partial charge on any atom is 0.416 e. The number of fused-ring (bicyclic) bond motifs is 1. The smallest absolute Gasteiger partial charge is 0.310 e. The molecular weight excluding hydrogens is 335 g/mol. The van der Waals surface area contributed by atoms with Gasteiger partial charge in [0.1, 0.15) is 0 Å². The molecule has 3 aromatic rings. The van der Waals surface area contributed by atoms with Crippen molar-refractivity contribution in [3.8, 4) is 0 Å². The van der Waals surface area contributed by atoms with Crippen LogP contribution in [0.4, 0.5) is 13.2 Å². The van der Waals surface area contributed by atoms with Crippen LogP contribution in [-0.2, 0) is 12.5 Å². The van der Waals surface area contributed by atoms with E-state index in [0.29, 0.717) is 5.56 Å². The normalized spacial score (nSPS) is 18.7. The molecule has 0 bridgehead atoms. The Bertz CT molecular complexity index is 1190. The molecule has 3 rings (SSSR count). The second-order valence-corrected chi connectivity index (χ2v) is 5.75. The Morgan fingerprint density at radius 3 is 2.73 bits per heavy atom. The van der Waals surface area contributed by atoms with Gasteiger partial charge in [-0.15, -0.1) is 0 Å². The van der Waals surface area contributed by atoms with Gasteiger partial charge in [0, 0.05) is 8.76 Å². The molecule has 0 amide bonds. The fourth-order valence-electron chi connectivity index (χ4n) is 2.66. The SMILES string of the molecule is [2H]c1c([2H])c(C(F)(F)F)c([2H])c(C([2H])([2H])CCN[C@]([2H])(C)c2cccc3ccccc23)c1[2H]. The Labute approximate surface area is 161 Å². The molecule has 4 heteroatoms. The maximum absolute atomic E-state index is 13.4. The van der Waals surface area contributed by atoms with Crippen molar-refractivity contribution in [3.05, 3.63) is 83.3 Å². The van der Waals surface area contributed by atoms with Gasteiger partial charge in [-0.05, 0) is 54.2 Å². The molecule has 0 aliphatic rings. The van der Waals surface area contributed by atoms with Gasteiger partial charge in [-0.25, -0.2) is 0 Å². The number of nitrogens with one attached hydrogen (secondary N) is 1. The van der Waals surface area contributed by atoms with E-state index >= 15 is 0 Å². The molecule has 0 fully saturated rings. The molecule has 0 radical (unpaired) electrons. The van der Waals surface area contributed by atoms with E-state index in [2.05, 4.69) is 5.32 Å². The summed E-state index contributed by atoms with van der Waals surface area (Å²) in [5, 5.41) is 4.65. The van der Waals surface area contributed by atoms with E-state index in [1.807, 2.05) is 30.3 Å². The Balaban J connectivity index is 1.90. The highest BCUT2D eigenvalue weighted by molar-refractivity contribution is 5.86. The first-order chi connectivity index (χ1) is 15.2. The van der Waals surface area contributed by atoms with Crippen molar-refractivity contribution < 1.29 is 22.8 Å². The van der Waals surface area contributed by atoms with Gasteiger partial charge >= 0.3 is 6.18 Å². The quantitative estimate of drug-likeness (QED) is 0.554. The fourth-order valence-corrected chi connectivity index (χ4v) is 2.66. The summed E-state index contributed by atoms with van der Waals surface area (Å²) in [4.78, 5) is 0. The van der Waals surface area contributed by atoms with Crippen LogP contribution in [0.2, 0.25) is 0 Å². The summed E-state index contributed by atoms with van der Waals surface area (Å²) in [6.07, 6.45) is -8.15. The molecule has 1 N–H and O–H groups in total. The van der Waals surface area contributed by atoms with Crippen LogP contribution < -0.4 is 5.32 Å². The Morgan fingerprint density at radius 1 is 1.15 bits per heavy atom. The topological polar surface area (TPSA) is 12.0 Å². The van der Waals surface area contributed by atoms with Crippen LogP contribution in [0, 0.1) is 0 Å². The predicted octanol–water partition coefficient (Wildman–Crippen LogP) is 6.14. The highest BCUT2D eigenvalue weighted by Gasteiger charge is 2.30. The third kappa shape index (κ3) is 4.44. The lowest BCUT2D eigenvalue weighted by Gasteiger charge is -2.17. The van der Waals surface area contributed by atoms with Crippen LogP contribution in [0.15, 0.2) is 66.6 Å². The molecule has 0 aromatic heterocycles. The van der Waals surface area contributed by atoms with Gasteiger partial charge in [0.15, 0.2) is 0 Å². The average molecular weight is 364 g/mol. The first-order valence-corrected chi connectivity index (χ1v) is 8.10. The van der Waals surface area contributed by atoms with Gasteiger partial charge in [-0.1, -0.05) is 60.6 Å². The first kappa shape index (κ1) is 11.4. The number of benzene rings is 3. The van der Waals surface area contributed by atoms with Crippen LogP contribution in [0.25, 0.3) is 10.8 Å². The molecule has 1 atom stereocenters. The Kier molecular flexibility index (Phi) is 3.47. The van der Waals surface area contributed by atoms with Crippen LogP contribution >= 0.6 is 0 Å². The molecule has 0 saturated heterocycles. The number of hydrogen-bond acceptors (Lipinski definition) is 1. The van der Waals surface area contributed by atoms with E-state index in [-0.39, 0.29) is 6.54 Å². The number of rotatable bonds is 6. The maximum atomic E-state index is 13.4. The standard InChI is InChI=1S/C22H22F3N/c1-16(20-13-5-10-18-9-2-3-12-21(18)20)26-14-6-8-17-7-4-11-19(15-17)22(23,24)25/h2-5,7,9-13,15-16,26H,6,8,14H2,1H3/t16-/m1/s1/i4D,7D,8D2,11D,15D,16D. The largest absolute Gasteiger partial charge is 0.416 e. The van der Waals surface area contributed by atoms with Gasteiger partial charge in [0.2, 0.25) is 0 Å². The second kappa shape index (κ2) is 7.92. The lowest BCUT2D eigenvalue weighted by Crippen LogP contribution is -2.20. The summed E-state index contributed by atoms with van der Waals surface area (Å²) >= 11 is 0. The third-order valence-corrected chi connectivity index (χ3v) is 3.92. The molecule has 1 nitrogen and oxygen atoms in total. The average Bonchev–Trinajstić information content (AvgIpc) is 2.70. The van der Waals surface area contributed by atoms with Crippen molar-refractivity contribution in [2.24, 2.45) is 0 Å². The zero-order valence-corrected chi connectivity index (χ0v) is 14.1. The lowest BCUT2D eigenvalue weighted by atomic mass is 9.99. The summed E-state index contributed by atoms with van der Waals surface area (Å²) in [6.45, 7) is 1.43. The van der Waals surface area contributed by atoms with E-state index in [1.165, 1.54) is 0 Å². The highest BCUT2D eigenvalue weighted by atomic mass is 19.4. The number of alkyl halides is 3. The van der Waals surface area contributed by atoms with Crippen LogP contribution in [0.5, 0.6) is 0 Å². The van der Waals surface area contributed by atoms with Gasteiger partial charge in [0.05, 0.1) is 12.4 Å². The minimum absolute atomic E-state index is 0.146. The van der Waals surface area contributed by atoms with E-state index < -0.39 is 60.3 Å². The monoisotopic (exact) mass is 364 g/mol. The number of halogens is 3. The summed E-state index contributed by atoms with van der Waals surface area (Å²) in [5.41, 5.74) is -1.97. The van der Waals surface area contributed by atoms with Crippen LogP contribution in [-0.4, -0.2) is 6.54 Å². The minimum atomic E-state index is -5.13. The summed E-state index contributed by atoms with van der Waals surface area (Å²) in [6, 6.07) is 6.93. The van der Waals surface area contributed by atoms with Crippen molar-refractivity contribution in [1.82, 2.24) is 5.32 Å². The lowest BCUT2D eigenvalue weighted by molar-refractivity contribution is -0.137. The Morgan fingerprint density at radius 2 is 1.92 bits per heavy atom. The molecule has 0 aliphatic heterocycles. The second-order valence-electron chi connectivity index (χ2n) is 5.75. The van der Waals surface area contributed by atoms with Crippen LogP contribution in [0.3, 0.4) is 0 Å². The van der Waals surface area contributed by atoms with E-state index in [9.17, 15) is 13.2 Å². The molecule has 0 heterocycles. The van der Waals surface area contributed by atoms with Gasteiger partial charge < -0.3 is 5.32 Å². The van der Waals surface area contributed by atoms with E-state index in [1.54, 1.807) is 19.1 Å². The van der Waals surface area contributed by atoms with E-state index in [4.69, 9.17) is 9.60 Å². The fraction of sp³-hybridized carbons (Fsp3) is 0.273. The molecule has 26 heavy (non-hydrogen) atoms. The van der Waals surface area contributed by atoms with E-state index in [0.717, 1.165) is 10.8 Å². The van der Waals surface area contributed by atoms with Gasteiger partial charge in [-0.2, -0.15) is 13.2 Å². The Hall–Kier alpha value is -2.33. The molecule has 136 valence electrons. The molecular formula is C22H22F3N. The number of hydrogen-bond donors (Lipinski definition) is 1. The molecule has 0 unspecified atom stereocenters. The molecule has 0 spiro atoms.